The van der Waals surface area contributed by atoms with Crippen LogP contribution >= 0.6 is 0 Å². The minimum absolute atomic E-state index is 0.0337. The monoisotopic (exact) mass is 380 g/mol. The number of rotatable bonds is 5. The van der Waals surface area contributed by atoms with E-state index in [0.717, 1.165) is 11.4 Å². The van der Waals surface area contributed by atoms with Gasteiger partial charge in [0.15, 0.2) is 0 Å². The first-order valence-electron chi connectivity index (χ1n) is 9.55. The van der Waals surface area contributed by atoms with Gasteiger partial charge in [0.2, 0.25) is 0 Å². The second-order valence-corrected chi connectivity index (χ2v) is 7.39. The molecule has 0 bridgehead atoms. The summed E-state index contributed by atoms with van der Waals surface area (Å²) in [6.07, 6.45) is 3.43. The Kier molecular flexibility index (Phi) is 5.68. The number of carbonyl (C=O) groups excluding carboxylic acids is 1. The minimum atomic E-state index is -0.395. The Hall–Kier alpha value is -2.89. The fourth-order valence-corrected chi connectivity index (χ4v) is 3.19. The molecule has 2 aromatic heterocycles. The van der Waals surface area contributed by atoms with Gasteiger partial charge in [-0.2, -0.15) is 0 Å². The molecule has 3 rings (SSSR count). The topological polar surface area (TPSA) is 59.0 Å². The molecule has 0 unspecified atom stereocenters. The summed E-state index contributed by atoms with van der Waals surface area (Å²) >= 11 is 0. The van der Waals surface area contributed by atoms with Gasteiger partial charge in [0.05, 0.1) is 16.8 Å². The van der Waals surface area contributed by atoms with Gasteiger partial charge in [-0.1, -0.05) is 13.8 Å². The van der Waals surface area contributed by atoms with E-state index >= 15 is 0 Å². The van der Waals surface area contributed by atoms with Gasteiger partial charge >= 0.3 is 0 Å². The molecule has 0 fully saturated rings. The maximum atomic E-state index is 13.9. The molecule has 0 N–H and O–H groups in total. The quantitative estimate of drug-likeness (QED) is 0.636. The standard InChI is InChI=1S/C22H25FN4O/c1-6-27(14(4)5)22(28)18-10-20(15-11-24-21(13(2)3)25-12-15)26-19-8-7-16(23)9-17(18)19/h7-14H,6H2,1-5H3. The number of aromatic nitrogens is 3. The SMILES string of the molecule is CCN(C(=O)c1cc(-c2cnc(C(C)C)nc2)nc2ccc(F)cc12)C(C)C. The van der Waals surface area contributed by atoms with Crippen LogP contribution in [-0.4, -0.2) is 38.3 Å². The molecule has 0 radical (unpaired) electrons. The predicted molar refractivity (Wildman–Crippen MR) is 109 cm³/mol. The molecule has 2 heterocycles. The molecule has 5 nitrogen and oxygen atoms in total. The first kappa shape index (κ1) is 19.9. The van der Waals surface area contributed by atoms with Crippen LogP contribution in [0.25, 0.3) is 22.2 Å². The van der Waals surface area contributed by atoms with E-state index in [1.54, 1.807) is 29.4 Å². The number of nitrogens with zero attached hydrogens (tertiary/aromatic N) is 4. The van der Waals surface area contributed by atoms with Crippen molar-refractivity contribution in [1.82, 2.24) is 19.9 Å². The summed E-state index contributed by atoms with van der Waals surface area (Å²) in [6, 6.07) is 6.06. The molecule has 0 atom stereocenters. The van der Waals surface area contributed by atoms with Crippen molar-refractivity contribution in [1.29, 1.82) is 0 Å². The molecule has 0 saturated heterocycles. The van der Waals surface area contributed by atoms with Gasteiger partial charge in [0, 0.05) is 41.8 Å². The number of amides is 1. The van der Waals surface area contributed by atoms with Crippen molar-refractivity contribution < 1.29 is 9.18 Å². The summed E-state index contributed by atoms with van der Waals surface area (Å²) in [5.41, 5.74) is 2.31. The van der Waals surface area contributed by atoms with Gasteiger partial charge in [-0.15, -0.1) is 0 Å². The number of halogens is 1. The Balaban J connectivity index is 2.18. The van der Waals surface area contributed by atoms with Crippen molar-refractivity contribution >= 4 is 16.8 Å². The van der Waals surface area contributed by atoms with Crippen LogP contribution in [0.5, 0.6) is 0 Å². The molecule has 0 spiro atoms. The Morgan fingerprint density at radius 2 is 1.79 bits per heavy atom. The number of hydrogen-bond acceptors (Lipinski definition) is 4. The van der Waals surface area contributed by atoms with E-state index in [0.29, 0.717) is 28.7 Å². The third kappa shape index (κ3) is 3.86. The zero-order valence-corrected chi connectivity index (χ0v) is 16.9. The lowest BCUT2D eigenvalue weighted by atomic mass is 10.0. The maximum absolute atomic E-state index is 13.9. The van der Waals surface area contributed by atoms with Gasteiger partial charge in [0.1, 0.15) is 11.6 Å². The van der Waals surface area contributed by atoms with E-state index in [1.165, 1.54) is 12.1 Å². The van der Waals surface area contributed by atoms with E-state index in [-0.39, 0.29) is 17.9 Å². The average Bonchev–Trinajstić information content (AvgIpc) is 2.67. The Labute approximate surface area is 164 Å². The maximum Gasteiger partial charge on any atom is 0.254 e. The number of carbonyl (C=O) groups is 1. The fourth-order valence-electron chi connectivity index (χ4n) is 3.19. The molecule has 146 valence electrons. The lowest BCUT2D eigenvalue weighted by Gasteiger charge is -2.26. The number of hydrogen-bond donors (Lipinski definition) is 0. The fraction of sp³-hybridized carbons (Fsp3) is 0.364. The summed E-state index contributed by atoms with van der Waals surface area (Å²) in [6.45, 7) is 10.5. The molecule has 0 saturated carbocycles. The highest BCUT2D eigenvalue weighted by atomic mass is 19.1. The van der Waals surface area contributed by atoms with Crippen LogP contribution < -0.4 is 0 Å². The van der Waals surface area contributed by atoms with Crippen LogP contribution in [-0.2, 0) is 0 Å². The van der Waals surface area contributed by atoms with E-state index in [4.69, 9.17) is 0 Å². The van der Waals surface area contributed by atoms with Crippen molar-refractivity contribution in [3.05, 3.63) is 53.9 Å². The van der Waals surface area contributed by atoms with Crippen molar-refractivity contribution in [3.8, 4) is 11.3 Å². The molecule has 0 aliphatic heterocycles. The summed E-state index contributed by atoms with van der Waals surface area (Å²) in [5, 5.41) is 0.507. The summed E-state index contributed by atoms with van der Waals surface area (Å²) < 4.78 is 13.9. The highest BCUT2D eigenvalue weighted by Gasteiger charge is 2.21. The molecular weight excluding hydrogens is 355 g/mol. The molecular formula is C22H25FN4O. The average molecular weight is 380 g/mol. The number of pyridine rings is 1. The predicted octanol–water partition coefficient (Wildman–Crippen LogP) is 4.82. The molecule has 6 heteroatoms. The van der Waals surface area contributed by atoms with Gasteiger partial charge in [-0.3, -0.25) is 4.79 Å². The van der Waals surface area contributed by atoms with E-state index in [1.807, 2.05) is 34.6 Å². The normalized spacial score (nSPS) is 11.4. The molecule has 0 aliphatic carbocycles. The van der Waals surface area contributed by atoms with Crippen molar-refractivity contribution in [2.24, 2.45) is 0 Å². The van der Waals surface area contributed by atoms with Crippen LogP contribution in [0, 0.1) is 5.82 Å². The third-order valence-corrected chi connectivity index (χ3v) is 4.71. The third-order valence-electron chi connectivity index (χ3n) is 4.71. The second-order valence-electron chi connectivity index (χ2n) is 7.39. The van der Waals surface area contributed by atoms with E-state index in [2.05, 4.69) is 15.0 Å². The Morgan fingerprint density at radius 1 is 1.11 bits per heavy atom. The van der Waals surface area contributed by atoms with E-state index in [9.17, 15) is 9.18 Å². The lowest BCUT2D eigenvalue weighted by Crippen LogP contribution is -2.36. The van der Waals surface area contributed by atoms with Gasteiger partial charge in [-0.25, -0.2) is 19.3 Å². The van der Waals surface area contributed by atoms with Gasteiger partial charge < -0.3 is 4.90 Å². The van der Waals surface area contributed by atoms with Crippen LogP contribution in [0.4, 0.5) is 4.39 Å². The van der Waals surface area contributed by atoms with Gasteiger partial charge in [0.25, 0.3) is 5.91 Å². The minimum Gasteiger partial charge on any atom is -0.336 e. The number of fused-ring (bicyclic) bond motifs is 1. The molecule has 28 heavy (non-hydrogen) atoms. The van der Waals surface area contributed by atoms with Crippen molar-refractivity contribution in [3.63, 3.8) is 0 Å². The Morgan fingerprint density at radius 3 is 2.36 bits per heavy atom. The molecule has 3 aromatic rings. The summed E-state index contributed by atoms with van der Waals surface area (Å²) in [7, 11) is 0. The largest absolute Gasteiger partial charge is 0.336 e. The zero-order chi connectivity index (χ0) is 20.4. The van der Waals surface area contributed by atoms with Crippen LogP contribution in [0.1, 0.15) is 56.7 Å². The van der Waals surface area contributed by atoms with Crippen LogP contribution in [0.2, 0.25) is 0 Å². The first-order chi connectivity index (χ1) is 13.3. The highest BCUT2D eigenvalue weighted by molar-refractivity contribution is 6.07. The molecule has 0 aliphatic rings. The lowest BCUT2D eigenvalue weighted by molar-refractivity contribution is 0.0719. The Bertz CT molecular complexity index is 999. The van der Waals surface area contributed by atoms with Gasteiger partial charge in [-0.05, 0) is 45.0 Å². The molecule has 1 amide bonds. The smallest absolute Gasteiger partial charge is 0.254 e. The zero-order valence-electron chi connectivity index (χ0n) is 16.9. The van der Waals surface area contributed by atoms with Crippen LogP contribution in [0.15, 0.2) is 36.7 Å². The second kappa shape index (κ2) is 8.00. The first-order valence-corrected chi connectivity index (χ1v) is 9.55. The molecule has 1 aromatic carbocycles. The van der Waals surface area contributed by atoms with Crippen molar-refractivity contribution in [2.45, 2.75) is 46.6 Å². The van der Waals surface area contributed by atoms with E-state index < -0.39 is 5.82 Å². The summed E-state index contributed by atoms with van der Waals surface area (Å²) in [4.78, 5) is 28.4. The highest BCUT2D eigenvalue weighted by Crippen LogP contribution is 2.27. The van der Waals surface area contributed by atoms with Crippen molar-refractivity contribution in [2.75, 3.05) is 6.54 Å². The van der Waals surface area contributed by atoms with Crippen LogP contribution in [0.3, 0.4) is 0 Å². The summed E-state index contributed by atoms with van der Waals surface area (Å²) in [5.74, 6) is 0.438. The number of benzene rings is 1.